The van der Waals surface area contributed by atoms with E-state index in [9.17, 15) is 0 Å². The summed E-state index contributed by atoms with van der Waals surface area (Å²) in [4.78, 5) is 0. The molecule has 0 atom stereocenters. The van der Waals surface area contributed by atoms with Crippen LogP contribution in [0.2, 0.25) is 0 Å². The average Bonchev–Trinajstić information content (AvgIpc) is 2.04. The van der Waals surface area contributed by atoms with Crippen LogP contribution in [-0.2, 0) is 0 Å². The van der Waals surface area contributed by atoms with Crippen molar-refractivity contribution in [1.29, 1.82) is 0 Å². The van der Waals surface area contributed by atoms with Crippen molar-refractivity contribution in [3.8, 4) is 0 Å². The molecule has 0 amide bonds. The SMILES string of the molecule is CC(C)c1c[c-]cc(C(C)C)c1.[Li+]. The Morgan fingerprint density at radius 1 is 0.923 bits per heavy atom. The normalized spacial score (nSPS) is 10.3. The summed E-state index contributed by atoms with van der Waals surface area (Å²) in [5.41, 5.74) is 2.78. The van der Waals surface area contributed by atoms with E-state index in [0.29, 0.717) is 11.8 Å². The van der Waals surface area contributed by atoms with E-state index in [1.807, 2.05) is 0 Å². The predicted molar refractivity (Wildman–Crippen MR) is 53.5 cm³/mol. The predicted octanol–water partition coefficient (Wildman–Crippen LogP) is 0.738. The van der Waals surface area contributed by atoms with Gasteiger partial charge in [0.05, 0.1) is 0 Å². The Balaban J connectivity index is 0.00000144. The molecule has 1 aromatic rings. The summed E-state index contributed by atoms with van der Waals surface area (Å²) >= 11 is 0. The Labute approximate surface area is 93.9 Å². The van der Waals surface area contributed by atoms with Crippen LogP contribution in [0, 0.1) is 6.07 Å². The van der Waals surface area contributed by atoms with Crippen LogP contribution in [0.15, 0.2) is 18.2 Å². The first-order valence-corrected chi connectivity index (χ1v) is 4.62. The van der Waals surface area contributed by atoms with Crippen LogP contribution in [0.3, 0.4) is 0 Å². The summed E-state index contributed by atoms with van der Waals surface area (Å²) in [6.07, 6.45) is 0. The second-order valence-corrected chi connectivity index (χ2v) is 3.91. The fraction of sp³-hybridized carbons (Fsp3) is 0.500. The third kappa shape index (κ3) is 3.59. The third-order valence-corrected chi connectivity index (χ3v) is 2.17. The Morgan fingerprint density at radius 3 is 1.62 bits per heavy atom. The van der Waals surface area contributed by atoms with Gasteiger partial charge in [-0.1, -0.05) is 39.5 Å². The number of hydrogen-bond acceptors (Lipinski definition) is 0. The van der Waals surface area contributed by atoms with Crippen LogP contribution < -0.4 is 18.9 Å². The molecular weight excluding hydrogens is 151 g/mol. The first kappa shape index (κ1) is 12.8. The third-order valence-electron chi connectivity index (χ3n) is 2.17. The van der Waals surface area contributed by atoms with E-state index in [2.05, 4.69) is 52.0 Å². The molecule has 0 N–H and O–H groups in total. The van der Waals surface area contributed by atoms with Gasteiger partial charge in [0.1, 0.15) is 0 Å². The second kappa shape index (κ2) is 5.53. The van der Waals surface area contributed by atoms with E-state index in [4.69, 9.17) is 0 Å². The van der Waals surface area contributed by atoms with Gasteiger partial charge in [0.15, 0.2) is 0 Å². The molecule has 0 saturated carbocycles. The van der Waals surface area contributed by atoms with Crippen molar-refractivity contribution < 1.29 is 18.9 Å². The van der Waals surface area contributed by atoms with Crippen LogP contribution in [0.1, 0.15) is 50.7 Å². The topological polar surface area (TPSA) is 0 Å². The quantitative estimate of drug-likeness (QED) is 0.451. The van der Waals surface area contributed by atoms with Crippen molar-refractivity contribution in [2.75, 3.05) is 0 Å². The summed E-state index contributed by atoms with van der Waals surface area (Å²) in [6, 6.07) is 9.64. The van der Waals surface area contributed by atoms with Gasteiger partial charge in [0.25, 0.3) is 0 Å². The summed E-state index contributed by atoms with van der Waals surface area (Å²) in [5.74, 6) is 1.22. The number of rotatable bonds is 2. The molecule has 1 heteroatoms. The van der Waals surface area contributed by atoms with Crippen molar-refractivity contribution >= 4 is 0 Å². The van der Waals surface area contributed by atoms with Gasteiger partial charge >= 0.3 is 18.9 Å². The minimum Gasteiger partial charge on any atom is -0.183 e. The van der Waals surface area contributed by atoms with Crippen LogP contribution in [-0.4, -0.2) is 0 Å². The molecule has 0 saturated heterocycles. The van der Waals surface area contributed by atoms with Gasteiger partial charge < -0.3 is 0 Å². The Bertz CT molecular complexity index is 228. The maximum atomic E-state index is 3.19. The molecule has 66 valence electrons. The molecule has 0 radical (unpaired) electrons. The zero-order chi connectivity index (χ0) is 9.14. The second-order valence-electron chi connectivity index (χ2n) is 3.91. The molecule has 0 aliphatic rings. The van der Waals surface area contributed by atoms with E-state index in [1.54, 1.807) is 0 Å². The first-order chi connectivity index (χ1) is 5.61. The maximum Gasteiger partial charge on any atom is 1.00 e. The molecule has 0 aromatic heterocycles. The smallest absolute Gasteiger partial charge is 0.183 e. The van der Waals surface area contributed by atoms with Gasteiger partial charge in [-0.3, -0.25) is 0 Å². The van der Waals surface area contributed by atoms with Crippen LogP contribution in [0.4, 0.5) is 0 Å². The van der Waals surface area contributed by atoms with Crippen molar-refractivity contribution in [1.82, 2.24) is 0 Å². The molecule has 0 heterocycles. The van der Waals surface area contributed by atoms with Crippen molar-refractivity contribution in [3.05, 3.63) is 35.4 Å². The van der Waals surface area contributed by atoms with E-state index in [-0.39, 0.29) is 18.9 Å². The van der Waals surface area contributed by atoms with Gasteiger partial charge in [0, 0.05) is 0 Å². The molecule has 0 fully saturated rings. The largest absolute Gasteiger partial charge is 1.00 e. The molecule has 13 heavy (non-hydrogen) atoms. The van der Waals surface area contributed by atoms with Crippen LogP contribution >= 0.6 is 0 Å². The minimum atomic E-state index is 0. The van der Waals surface area contributed by atoms with Crippen molar-refractivity contribution in [2.45, 2.75) is 39.5 Å². The average molecular weight is 168 g/mol. The van der Waals surface area contributed by atoms with E-state index in [0.717, 1.165) is 0 Å². The minimum absolute atomic E-state index is 0. The fourth-order valence-electron chi connectivity index (χ4n) is 1.18. The Kier molecular flexibility index (Phi) is 5.45. The van der Waals surface area contributed by atoms with E-state index < -0.39 is 0 Å². The standard InChI is InChI=1S/C12H17.Li/c1-9(2)11-6-5-7-12(8-11)10(3)4;/h6-10H,1-4H3;/q-1;+1. The molecule has 1 aromatic carbocycles. The summed E-state index contributed by atoms with van der Waals surface area (Å²) in [6.45, 7) is 8.86. The summed E-state index contributed by atoms with van der Waals surface area (Å²) in [5, 5.41) is 0. The molecule has 0 bridgehead atoms. The van der Waals surface area contributed by atoms with Gasteiger partial charge in [-0.2, -0.15) is 35.4 Å². The van der Waals surface area contributed by atoms with Crippen LogP contribution in [0.5, 0.6) is 0 Å². The Morgan fingerprint density at radius 2 is 1.31 bits per heavy atom. The molecular formula is C12H17Li. The van der Waals surface area contributed by atoms with E-state index in [1.165, 1.54) is 11.1 Å². The van der Waals surface area contributed by atoms with E-state index >= 15 is 0 Å². The zero-order valence-electron chi connectivity index (χ0n) is 9.39. The fourth-order valence-corrected chi connectivity index (χ4v) is 1.18. The molecule has 0 aliphatic heterocycles. The Hall–Kier alpha value is -0.183. The monoisotopic (exact) mass is 168 g/mol. The molecule has 0 spiro atoms. The van der Waals surface area contributed by atoms with Crippen LogP contribution in [0.25, 0.3) is 0 Å². The molecule has 0 aliphatic carbocycles. The van der Waals surface area contributed by atoms with Gasteiger partial charge in [-0.15, -0.1) is 0 Å². The van der Waals surface area contributed by atoms with Gasteiger partial charge in [-0.05, 0) is 0 Å². The first-order valence-electron chi connectivity index (χ1n) is 4.62. The van der Waals surface area contributed by atoms with Crippen molar-refractivity contribution in [3.63, 3.8) is 0 Å². The van der Waals surface area contributed by atoms with Gasteiger partial charge in [-0.25, -0.2) is 0 Å². The zero-order valence-corrected chi connectivity index (χ0v) is 9.39. The van der Waals surface area contributed by atoms with Crippen molar-refractivity contribution in [2.24, 2.45) is 0 Å². The maximum absolute atomic E-state index is 3.19. The molecule has 0 unspecified atom stereocenters. The molecule has 1 rings (SSSR count). The summed E-state index contributed by atoms with van der Waals surface area (Å²) < 4.78 is 0. The summed E-state index contributed by atoms with van der Waals surface area (Å²) in [7, 11) is 0. The number of benzene rings is 1. The molecule has 0 nitrogen and oxygen atoms in total. The number of hydrogen-bond donors (Lipinski definition) is 0. The van der Waals surface area contributed by atoms with Gasteiger partial charge in [0.2, 0.25) is 0 Å².